The fourth-order valence-corrected chi connectivity index (χ4v) is 4.31. The quantitative estimate of drug-likeness (QED) is 0.873. The van der Waals surface area contributed by atoms with Gasteiger partial charge in [-0.2, -0.15) is 0 Å². The van der Waals surface area contributed by atoms with Gasteiger partial charge in [-0.15, -0.1) is 0 Å². The number of hydrogen-bond acceptors (Lipinski definition) is 3. The van der Waals surface area contributed by atoms with Gasteiger partial charge in [0.05, 0.1) is 5.41 Å². The highest BCUT2D eigenvalue weighted by Gasteiger charge is 2.48. The Morgan fingerprint density at radius 2 is 1.76 bits per heavy atom. The monoisotopic (exact) mass is 343 g/mol. The Balaban J connectivity index is 1.64. The van der Waals surface area contributed by atoms with Crippen molar-refractivity contribution in [3.05, 3.63) is 35.9 Å². The average molecular weight is 343 g/mol. The Hall–Kier alpha value is -1.88. The molecule has 0 bridgehead atoms. The van der Waals surface area contributed by atoms with Crippen LogP contribution in [0.1, 0.15) is 45.1 Å². The lowest BCUT2D eigenvalue weighted by atomic mass is 9.58. The normalized spacial score (nSPS) is 27.4. The van der Waals surface area contributed by atoms with Crippen LogP contribution in [0, 0.1) is 11.3 Å². The molecule has 136 valence electrons. The van der Waals surface area contributed by atoms with E-state index >= 15 is 0 Å². The minimum Gasteiger partial charge on any atom is -0.369 e. The van der Waals surface area contributed by atoms with Crippen molar-refractivity contribution in [2.45, 2.75) is 51.0 Å². The summed E-state index contributed by atoms with van der Waals surface area (Å²) in [6, 6.07) is 9.90. The number of piperidine rings is 1. The van der Waals surface area contributed by atoms with E-state index in [9.17, 15) is 9.59 Å². The molecule has 3 rings (SSSR count). The average Bonchev–Trinajstić information content (AvgIpc) is 2.62. The zero-order valence-corrected chi connectivity index (χ0v) is 15.2. The van der Waals surface area contributed by atoms with Crippen molar-refractivity contribution < 1.29 is 9.59 Å². The Labute approximate surface area is 149 Å². The maximum Gasteiger partial charge on any atom is 0.228 e. The van der Waals surface area contributed by atoms with E-state index in [1.165, 1.54) is 0 Å². The number of primary amides is 1. The van der Waals surface area contributed by atoms with Crippen LogP contribution < -0.4 is 11.5 Å². The van der Waals surface area contributed by atoms with Crippen molar-refractivity contribution in [1.29, 1.82) is 0 Å². The van der Waals surface area contributed by atoms with Crippen molar-refractivity contribution in [3.8, 4) is 0 Å². The zero-order chi connectivity index (χ0) is 18.2. The highest BCUT2D eigenvalue weighted by molar-refractivity contribution is 5.87. The van der Waals surface area contributed by atoms with E-state index in [0.717, 1.165) is 12.0 Å². The van der Waals surface area contributed by atoms with Crippen LogP contribution in [0.4, 0.5) is 0 Å². The standard InChI is InChI=1S/C20H29N3O2/c1-19(2)15(12-16(19)21)13-17(24)23-10-8-20(9-11-23,18(22)25)14-6-4-3-5-7-14/h3-7,15-16H,8-13,21H2,1-2H3,(H2,22,25). The molecule has 1 saturated carbocycles. The molecule has 2 fully saturated rings. The number of amides is 2. The van der Waals surface area contributed by atoms with E-state index in [1.807, 2.05) is 35.2 Å². The Morgan fingerprint density at radius 1 is 1.16 bits per heavy atom. The maximum absolute atomic E-state index is 12.7. The molecule has 2 aliphatic rings. The summed E-state index contributed by atoms with van der Waals surface area (Å²) >= 11 is 0. The summed E-state index contributed by atoms with van der Waals surface area (Å²) in [6.07, 6.45) is 2.65. The van der Waals surface area contributed by atoms with Gasteiger partial charge in [0.2, 0.25) is 11.8 Å². The second-order valence-electron chi connectivity index (χ2n) is 8.26. The van der Waals surface area contributed by atoms with Crippen LogP contribution >= 0.6 is 0 Å². The summed E-state index contributed by atoms with van der Waals surface area (Å²) in [5.41, 5.74) is 12.2. The van der Waals surface area contributed by atoms with Crippen molar-refractivity contribution in [2.75, 3.05) is 13.1 Å². The molecular formula is C20H29N3O2. The first kappa shape index (κ1) is 17.9. The number of carbonyl (C=O) groups is 2. The highest BCUT2D eigenvalue weighted by Crippen LogP contribution is 2.47. The predicted octanol–water partition coefficient (Wildman–Crippen LogP) is 1.80. The van der Waals surface area contributed by atoms with Gasteiger partial charge in [-0.1, -0.05) is 44.2 Å². The van der Waals surface area contributed by atoms with Crippen molar-refractivity contribution in [1.82, 2.24) is 4.90 Å². The summed E-state index contributed by atoms with van der Waals surface area (Å²) in [6.45, 7) is 5.44. The maximum atomic E-state index is 12.7. The fourth-order valence-electron chi connectivity index (χ4n) is 4.31. The Bertz CT molecular complexity index is 648. The Kier molecular flexibility index (Phi) is 4.62. The molecule has 0 aromatic heterocycles. The zero-order valence-electron chi connectivity index (χ0n) is 15.2. The summed E-state index contributed by atoms with van der Waals surface area (Å²) in [5, 5.41) is 0. The molecule has 1 aromatic carbocycles. The summed E-state index contributed by atoms with van der Waals surface area (Å²) in [7, 11) is 0. The highest BCUT2D eigenvalue weighted by atomic mass is 16.2. The lowest BCUT2D eigenvalue weighted by Crippen LogP contribution is -2.56. The van der Waals surface area contributed by atoms with Crippen molar-refractivity contribution >= 4 is 11.8 Å². The number of hydrogen-bond donors (Lipinski definition) is 2. The molecule has 1 aliphatic carbocycles. The third-order valence-corrected chi connectivity index (χ3v) is 6.74. The van der Waals surface area contributed by atoms with E-state index in [4.69, 9.17) is 11.5 Å². The van der Waals surface area contributed by atoms with E-state index in [-0.39, 0.29) is 23.3 Å². The first-order valence-electron chi connectivity index (χ1n) is 9.16. The molecule has 1 saturated heterocycles. The van der Waals surface area contributed by atoms with Gasteiger partial charge in [0, 0.05) is 25.6 Å². The fraction of sp³-hybridized carbons (Fsp3) is 0.600. The molecule has 2 atom stereocenters. The van der Waals surface area contributed by atoms with Crippen molar-refractivity contribution in [3.63, 3.8) is 0 Å². The smallest absolute Gasteiger partial charge is 0.228 e. The molecule has 1 heterocycles. The van der Waals surface area contributed by atoms with Gasteiger partial charge < -0.3 is 16.4 Å². The number of likely N-dealkylation sites (tertiary alicyclic amines) is 1. The number of rotatable bonds is 4. The molecule has 5 nitrogen and oxygen atoms in total. The molecule has 1 aliphatic heterocycles. The lowest BCUT2D eigenvalue weighted by Gasteiger charge is -2.51. The molecule has 25 heavy (non-hydrogen) atoms. The summed E-state index contributed by atoms with van der Waals surface area (Å²) in [4.78, 5) is 26.8. The number of carbonyl (C=O) groups excluding carboxylic acids is 2. The second-order valence-corrected chi connectivity index (χ2v) is 8.26. The second kappa shape index (κ2) is 6.45. The molecule has 2 amide bonds. The van der Waals surface area contributed by atoms with Gasteiger partial charge in [-0.3, -0.25) is 9.59 Å². The molecule has 2 unspecified atom stereocenters. The first-order valence-corrected chi connectivity index (χ1v) is 9.16. The van der Waals surface area contributed by atoms with E-state index in [1.54, 1.807) is 0 Å². The molecule has 1 aromatic rings. The summed E-state index contributed by atoms with van der Waals surface area (Å²) < 4.78 is 0. The van der Waals surface area contributed by atoms with Gasteiger partial charge >= 0.3 is 0 Å². The molecular weight excluding hydrogens is 314 g/mol. The van der Waals surface area contributed by atoms with E-state index in [0.29, 0.717) is 38.3 Å². The van der Waals surface area contributed by atoms with Crippen LogP contribution in [0.3, 0.4) is 0 Å². The number of nitrogens with zero attached hydrogens (tertiary/aromatic N) is 1. The van der Waals surface area contributed by atoms with Crippen molar-refractivity contribution in [2.24, 2.45) is 22.8 Å². The van der Waals surface area contributed by atoms with Crippen LogP contribution in [-0.4, -0.2) is 35.8 Å². The topological polar surface area (TPSA) is 89.4 Å². The van der Waals surface area contributed by atoms with Gasteiger partial charge in [0.1, 0.15) is 0 Å². The minimum atomic E-state index is -0.657. The van der Waals surface area contributed by atoms with Crippen LogP contribution in [0.2, 0.25) is 0 Å². The summed E-state index contributed by atoms with van der Waals surface area (Å²) in [5.74, 6) is 0.236. The molecule has 0 radical (unpaired) electrons. The predicted molar refractivity (Wildman–Crippen MR) is 97.6 cm³/mol. The minimum absolute atomic E-state index is 0.0342. The number of benzene rings is 1. The van der Waals surface area contributed by atoms with Crippen LogP contribution in [0.25, 0.3) is 0 Å². The van der Waals surface area contributed by atoms with Gasteiger partial charge in [0.15, 0.2) is 0 Å². The van der Waals surface area contributed by atoms with Crippen LogP contribution in [-0.2, 0) is 15.0 Å². The Morgan fingerprint density at radius 3 is 2.24 bits per heavy atom. The SMILES string of the molecule is CC1(C)C(N)CC1CC(=O)N1CCC(C(N)=O)(c2ccccc2)CC1. The third-order valence-electron chi connectivity index (χ3n) is 6.74. The van der Waals surface area contributed by atoms with Crippen LogP contribution in [0.5, 0.6) is 0 Å². The molecule has 5 heteroatoms. The molecule has 4 N–H and O–H groups in total. The van der Waals surface area contributed by atoms with Crippen LogP contribution in [0.15, 0.2) is 30.3 Å². The van der Waals surface area contributed by atoms with E-state index < -0.39 is 5.41 Å². The van der Waals surface area contributed by atoms with Gasteiger partial charge in [-0.05, 0) is 36.2 Å². The first-order chi connectivity index (χ1) is 11.8. The lowest BCUT2D eigenvalue weighted by molar-refractivity contribution is -0.139. The number of nitrogens with two attached hydrogens (primary N) is 2. The van der Waals surface area contributed by atoms with E-state index in [2.05, 4.69) is 13.8 Å². The largest absolute Gasteiger partial charge is 0.369 e. The molecule has 0 spiro atoms. The van der Waals surface area contributed by atoms with Gasteiger partial charge in [-0.25, -0.2) is 0 Å². The third kappa shape index (κ3) is 3.06. The van der Waals surface area contributed by atoms with Gasteiger partial charge in [0.25, 0.3) is 0 Å².